The molecule has 2 amide bonds. The number of carbonyl (C=O) groups is 2. The fraction of sp³-hybridized carbons (Fsp3) is 0.333. The summed E-state index contributed by atoms with van der Waals surface area (Å²) in [7, 11) is 0. The summed E-state index contributed by atoms with van der Waals surface area (Å²) in [6.45, 7) is 6.86. The van der Waals surface area contributed by atoms with Crippen LogP contribution in [-0.4, -0.2) is 50.9 Å². The van der Waals surface area contributed by atoms with E-state index in [0.29, 0.717) is 23.8 Å². The van der Waals surface area contributed by atoms with Gasteiger partial charge in [0.05, 0.1) is 15.3 Å². The third-order valence-corrected chi connectivity index (χ3v) is 7.92. The maximum absolute atomic E-state index is 13.4. The summed E-state index contributed by atoms with van der Waals surface area (Å²) < 4.78 is 0. The van der Waals surface area contributed by atoms with Crippen molar-refractivity contribution in [2.45, 2.75) is 26.1 Å². The van der Waals surface area contributed by atoms with Crippen molar-refractivity contribution >= 4 is 46.2 Å². The Labute approximate surface area is 187 Å². The first-order valence-corrected chi connectivity index (χ1v) is 12.3. The minimum absolute atomic E-state index is 0.0785. The zero-order valence-electron chi connectivity index (χ0n) is 17.0. The molecule has 1 unspecified atom stereocenters. The quantitative estimate of drug-likeness (QED) is 0.622. The Morgan fingerprint density at radius 2 is 2.07 bits per heavy atom. The van der Waals surface area contributed by atoms with E-state index in [2.05, 4.69) is 21.4 Å². The molecule has 0 bridgehead atoms. The number of hydrogen-bond donors (Lipinski definition) is 1. The zero-order chi connectivity index (χ0) is 21.3. The predicted molar refractivity (Wildman–Crippen MR) is 123 cm³/mol. The highest BCUT2D eigenvalue weighted by Crippen LogP contribution is 2.33. The van der Waals surface area contributed by atoms with Crippen LogP contribution in [0, 0.1) is 20.8 Å². The number of nitrogens with one attached hydrogen (secondary N) is 1. The van der Waals surface area contributed by atoms with Crippen LogP contribution in [0.15, 0.2) is 29.6 Å². The lowest BCUT2D eigenvalue weighted by molar-refractivity contribution is 0.0747. The molecule has 30 heavy (non-hydrogen) atoms. The molecule has 2 aromatic heterocycles. The van der Waals surface area contributed by atoms with Gasteiger partial charge in [-0.1, -0.05) is 29.8 Å². The summed E-state index contributed by atoms with van der Waals surface area (Å²) >= 11 is 4.54. The summed E-state index contributed by atoms with van der Waals surface area (Å²) in [5.74, 6) is 0.564. The highest BCUT2D eigenvalue weighted by molar-refractivity contribution is 8.00. The van der Waals surface area contributed by atoms with Crippen molar-refractivity contribution in [2.24, 2.45) is 0 Å². The number of benzene rings is 1. The van der Waals surface area contributed by atoms with Crippen LogP contribution in [0.2, 0.25) is 0 Å². The van der Waals surface area contributed by atoms with Crippen molar-refractivity contribution in [3.63, 3.8) is 0 Å². The second kappa shape index (κ2) is 8.87. The van der Waals surface area contributed by atoms with Crippen LogP contribution in [0.3, 0.4) is 0 Å². The van der Waals surface area contributed by atoms with E-state index in [1.165, 1.54) is 11.3 Å². The number of thioether (sulfide) groups is 1. The molecule has 1 saturated heterocycles. The maximum atomic E-state index is 13.4. The summed E-state index contributed by atoms with van der Waals surface area (Å²) in [5.41, 5.74) is 3.49. The van der Waals surface area contributed by atoms with Crippen molar-refractivity contribution in [3.8, 4) is 10.4 Å². The van der Waals surface area contributed by atoms with Gasteiger partial charge in [-0.05, 0) is 26.3 Å². The van der Waals surface area contributed by atoms with Gasteiger partial charge in [-0.2, -0.15) is 0 Å². The van der Waals surface area contributed by atoms with E-state index in [0.717, 1.165) is 32.5 Å². The van der Waals surface area contributed by atoms with Crippen LogP contribution in [-0.2, 0) is 0 Å². The van der Waals surface area contributed by atoms with Gasteiger partial charge in [-0.3, -0.25) is 9.59 Å². The Bertz CT molecular complexity index is 1090. The van der Waals surface area contributed by atoms with Crippen molar-refractivity contribution in [1.29, 1.82) is 0 Å². The van der Waals surface area contributed by atoms with E-state index in [9.17, 15) is 9.59 Å². The Morgan fingerprint density at radius 1 is 1.23 bits per heavy atom. The molecule has 3 aromatic rings. The molecule has 1 aliphatic heterocycles. The van der Waals surface area contributed by atoms with E-state index < -0.39 is 0 Å². The number of amides is 2. The van der Waals surface area contributed by atoms with Gasteiger partial charge in [-0.15, -0.1) is 34.4 Å². The molecular weight excluding hydrogens is 436 g/mol. The molecule has 9 heteroatoms. The first-order chi connectivity index (χ1) is 14.4. The number of aryl methyl sites for hydroxylation is 3. The zero-order valence-corrected chi connectivity index (χ0v) is 19.4. The normalized spacial score (nSPS) is 16.1. The van der Waals surface area contributed by atoms with E-state index in [1.807, 2.05) is 49.3 Å². The molecule has 1 aromatic carbocycles. The summed E-state index contributed by atoms with van der Waals surface area (Å²) in [5, 5.41) is 5.98. The molecule has 0 aliphatic carbocycles. The molecule has 156 valence electrons. The number of thiazole rings is 2. The molecule has 3 heterocycles. The van der Waals surface area contributed by atoms with Crippen LogP contribution >= 0.6 is 34.4 Å². The van der Waals surface area contributed by atoms with Crippen LogP contribution in [0.1, 0.15) is 36.6 Å². The first kappa shape index (κ1) is 21.0. The second-order valence-corrected chi connectivity index (χ2v) is 10.5. The van der Waals surface area contributed by atoms with Crippen molar-refractivity contribution in [1.82, 2.24) is 20.2 Å². The standard InChI is InChI=1S/C21H22N4O2S3/c1-12-5-4-6-15(9-12)18-17(24-14(3)30-18)21(27)25-7-8-28-16(25)10-22-19(26)20-23-13(2)11-29-20/h4-6,9,11,16H,7-8,10H2,1-3H3,(H,22,26). The lowest BCUT2D eigenvalue weighted by atomic mass is 10.1. The third-order valence-electron chi connectivity index (χ3n) is 4.72. The largest absolute Gasteiger partial charge is 0.347 e. The van der Waals surface area contributed by atoms with Crippen LogP contribution in [0.4, 0.5) is 0 Å². The van der Waals surface area contributed by atoms with E-state index >= 15 is 0 Å². The fourth-order valence-corrected chi connectivity index (χ4v) is 6.10. The first-order valence-electron chi connectivity index (χ1n) is 9.60. The number of nitrogens with zero attached hydrogens (tertiary/aromatic N) is 3. The fourth-order valence-electron chi connectivity index (χ4n) is 3.33. The Hall–Kier alpha value is -2.23. The van der Waals surface area contributed by atoms with Gasteiger partial charge in [0.1, 0.15) is 5.69 Å². The van der Waals surface area contributed by atoms with Crippen LogP contribution in [0.5, 0.6) is 0 Å². The van der Waals surface area contributed by atoms with Gasteiger partial charge in [-0.25, -0.2) is 9.97 Å². The molecular formula is C21H22N4O2S3. The van der Waals surface area contributed by atoms with Crippen LogP contribution < -0.4 is 5.32 Å². The Kier molecular flexibility index (Phi) is 6.21. The van der Waals surface area contributed by atoms with E-state index in [1.54, 1.807) is 23.1 Å². The summed E-state index contributed by atoms with van der Waals surface area (Å²) in [4.78, 5) is 37.3. The lowest BCUT2D eigenvalue weighted by Gasteiger charge is -2.23. The molecule has 0 saturated carbocycles. The molecule has 1 N–H and O–H groups in total. The van der Waals surface area contributed by atoms with Gasteiger partial charge < -0.3 is 10.2 Å². The SMILES string of the molecule is Cc1cccc(-c2sc(C)nc2C(=O)N2CCSC2CNC(=O)c2nc(C)cs2)c1. The molecule has 1 fully saturated rings. The van der Waals surface area contributed by atoms with Gasteiger partial charge in [0, 0.05) is 29.9 Å². The third kappa shape index (κ3) is 4.43. The maximum Gasteiger partial charge on any atom is 0.280 e. The molecule has 4 rings (SSSR count). The lowest BCUT2D eigenvalue weighted by Crippen LogP contribution is -2.42. The van der Waals surface area contributed by atoms with Gasteiger partial charge in [0.2, 0.25) is 0 Å². The topological polar surface area (TPSA) is 75.2 Å². The highest BCUT2D eigenvalue weighted by atomic mass is 32.2. The number of aromatic nitrogens is 2. The summed E-state index contributed by atoms with van der Waals surface area (Å²) in [6.07, 6.45) is 0. The van der Waals surface area contributed by atoms with Gasteiger partial charge >= 0.3 is 0 Å². The number of carbonyl (C=O) groups excluding carboxylic acids is 2. The highest BCUT2D eigenvalue weighted by Gasteiger charge is 2.33. The molecule has 0 spiro atoms. The monoisotopic (exact) mass is 458 g/mol. The number of rotatable bonds is 5. The van der Waals surface area contributed by atoms with Crippen molar-refractivity contribution < 1.29 is 9.59 Å². The molecule has 0 radical (unpaired) electrons. The van der Waals surface area contributed by atoms with E-state index in [4.69, 9.17) is 0 Å². The Balaban J connectivity index is 1.51. The van der Waals surface area contributed by atoms with Crippen molar-refractivity contribution in [2.75, 3.05) is 18.8 Å². The van der Waals surface area contributed by atoms with Gasteiger partial charge in [0.15, 0.2) is 5.01 Å². The van der Waals surface area contributed by atoms with Crippen molar-refractivity contribution in [3.05, 3.63) is 56.6 Å². The number of hydrogen-bond acceptors (Lipinski definition) is 7. The van der Waals surface area contributed by atoms with Crippen LogP contribution in [0.25, 0.3) is 10.4 Å². The average molecular weight is 459 g/mol. The predicted octanol–water partition coefficient (Wildman–Crippen LogP) is 4.14. The van der Waals surface area contributed by atoms with Gasteiger partial charge in [0.25, 0.3) is 11.8 Å². The molecule has 1 aliphatic rings. The average Bonchev–Trinajstić information content (AvgIpc) is 3.45. The molecule has 1 atom stereocenters. The smallest absolute Gasteiger partial charge is 0.280 e. The Morgan fingerprint density at radius 3 is 2.80 bits per heavy atom. The van der Waals surface area contributed by atoms with E-state index in [-0.39, 0.29) is 17.2 Å². The summed E-state index contributed by atoms with van der Waals surface area (Å²) in [6, 6.07) is 8.14. The molecule has 6 nitrogen and oxygen atoms in total. The minimum Gasteiger partial charge on any atom is -0.347 e. The minimum atomic E-state index is -0.196. The second-order valence-electron chi connectivity index (χ2n) is 7.11.